The Kier molecular flexibility index (Phi) is 5.91. The van der Waals surface area contributed by atoms with Crippen molar-refractivity contribution < 1.29 is 19.0 Å². The van der Waals surface area contributed by atoms with Crippen LogP contribution in [-0.2, 0) is 9.47 Å². The van der Waals surface area contributed by atoms with Gasteiger partial charge in [-0.3, -0.25) is 0 Å². The summed E-state index contributed by atoms with van der Waals surface area (Å²) in [7, 11) is 0. The van der Waals surface area contributed by atoms with Crippen LogP contribution in [0.4, 0.5) is 4.79 Å². The minimum absolute atomic E-state index is 0.103. The van der Waals surface area contributed by atoms with Crippen molar-refractivity contribution in [3.63, 3.8) is 0 Å². The summed E-state index contributed by atoms with van der Waals surface area (Å²) in [6.07, 6.45) is 9.39. The number of ether oxygens (including phenoxy) is 3. The molecule has 0 N–H and O–H groups in total. The van der Waals surface area contributed by atoms with E-state index in [0.717, 1.165) is 51.4 Å². The quantitative estimate of drug-likeness (QED) is 0.748. The van der Waals surface area contributed by atoms with Crippen LogP contribution in [0.2, 0.25) is 0 Å². The van der Waals surface area contributed by atoms with Crippen LogP contribution in [0.1, 0.15) is 64.0 Å². The maximum Gasteiger partial charge on any atom is 0.410 e. The normalized spacial score (nSPS) is 26.4. The maximum atomic E-state index is 12.2. The largest absolute Gasteiger partial charge is 0.487 e. The lowest BCUT2D eigenvalue weighted by atomic mass is 9.94. The van der Waals surface area contributed by atoms with Crippen LogP contribution in [0, 0.1) is 11.3 Å². The first-order chi connectivity index (χ1) is 14.0. The third kappa shape index (κ3) is 5.18. The van der Waals surface area contributed by atoms with E-state index in [2.05, 4.69) is 11.1 Å². The third-order valence-corrected chi connectivity index (χ3v) is 6.16. The molecule has 0 bridgehead atoms. The molecule has 0 unspecified atom stereocenters. The average molecular weight is 399 g/mol. The van der Waals surface area contributed by atoms with Gasteiger partial charge >= 0.3 is 6.09 Å². The lowest BCUT2D eigenvalue weighted by Crippen LogP contribution is -2.43. The second-order valence-electron chi connectivity index (χ2n) is 8.62. The van der Waals surface area contributed by atoms with E-state index in [-0.39, 0.29) is 30.0 Å². The summed E-state index contributed by atoms with van der Waals surface area (Å²) in [6.45, 7) is 3.40. The predicted octanol–water partition coefficient (Wildman–Crippen LogP) is 3.81. The summed E-state index contributed by atoms with van der Waals surface area (Å²) < 4.78 is 17.9. The molecule has 1 aromatic rings. The number of aromatic nitrogens is 1. The summed E-state index contributed by atoms with van der Waals surface area (Å²) in [4.78, 5) is 18.1. The van der Waals surface area contributed by atoms with Gasteiger partial charge in [0, 0.05) is 19.3 Å². The minimum atomic E-state index is -0.213. The van der Waals surface area contributed by atoms with Gasteiger partial charge in [-0.2, -0.15) is 5.26 Å². The molecule has 156 valence electrons. The van der Waals surface area contributed by atoms with E-state index in [1.165, 1.54) is 0 Å². The number of hydrogen-bond acceptors (Lipinski definition) is 6. The van der Waals surface area contributed by atoms with E-state index in [9.17, 15) is 4.79 Å². The number of carbonyl (C=O) groups is 1. The van der Waals surface area contributed by atoms with Crippen LogP contribution in [0.5, 0.6) is 5.75 Å². The molecule has 2 saturated carbocycles. The molecule has 2 heterocycles. The highest BCUT2D eigenvalue weighted by Gasteiger charge is 2.43. The molecule has 0 radical (unpaired) electrons. The smallest absolute Gasteiger partial charge is 0.410 e. The van der Waals surface area contributed by atoms with Gasteiger partial charge in [0.25, 0.3) is 0 Å². The van der Waals surface area contributed by atoms with Crippen molar-refractivity contribution in [3.8, 4) is 11.8 Å². The van der Waals surface area contributed by atoms with Crippen molar-refractivity contribution in [3.05, 3.63) is 24.0 Å². The van der Waals surface area contributed by atoms with Gasteiger partial charge in [0.05, 0.1) is 18.3 Å². The van der Waals surface area contributed by atoms with Gasteiger partial charge < -0.3 is 19.1 Å². The van der Waals surface area contributed by atoms with Crippen LogP contribution in [-0.4, -0.2) is 53.0 Å². The van der Waals surface area contributed by atoms with Gasteiger partial charge in [0.1, 0.15) is 11.7 Å². The van der Waals surface area contributed by atoms with Crippen LogP contribution in [0.25, 0.3) is 0 Å². The molecule has 1 aromatic heterocycles. The standard InChI is InChI=1S/C22H29N3O4/c1-22(10-11-22)29-21(26)25-13-8-18(9-14-25)27-16-4-6-17(7-5-16)28-20-3-2-12-24-19(20)15-23/h2-3,12,16-18H,4-11,13-14H2,1H3/t16-,17-. The fourth-order valence-electron chi connectivity index (χ4n) is 4.04. The minimum Gasteiger partial charge on any atom is -0.487 e. The van der Waals surface area contributed by atoms with E-state index >= 15 is 0 Å². The van der Waals surface area contributed by atoms with Crippen LogP contribution < -0.4 is 4.74 Å². The Morgan fingerprint density at radius 3 is 2.45 bits per heavy atom. The second kappa shape index (κ2) is 8.58. The highest BCUT2D eigenvalue weighted by molar-refractivity contribution is 5.68. The molecule has 1 aliphatic heterocycles. The zero-order valence-corrected chi connectivity index (χ0v) is 17.0. The number of carbonyl (C=O) groups excluding carboxylic acids is 1. The second-order valence-corrected chi connectivity index (χ2v) is 8.62. The maximum absolute atomic E-state index is 12.2. The Labute approximate surface area is 171 Å². The van der Waals surface area contributed by atoms with Crippen molar-refractivity contribution in [2.75, 3.05) is 13.1 Å². The van der Waals surface area contributed by atoms with Crippen LogP contribution in [0.15, 0.2) is 18.3 Å². The lowest BCUT2D eigenvalue weighted by molar-refractivity contribution is -0.0662. The van der Waals surface area contributed by atoms with Crippen LogP contribution >= 0.6 is 0 Å². The Morgan fingerprint density at radius 2 is 1.79 bits per heavy atom. The summed E-state index contributed by atoms with van der Waals surface area (Å²) in [5.74, 6) is 0.568. The molecule has 0 atom stereocenters. The van der Waals surface area contributed by atoms with Gasteiger partial charge in [-0.25, -0.2) is 9.78 Å². The van der Waals surface area contributed by atoms with E-state index in [1.54, 1.807) is 18.3 Å². The summed E-state index contributed by atoms with van der Waals surface area (Å²) >= 11 is 0. The molecule has 3 fully saturated rings. The first kappa shape index (κ1) is 20.0. The fourth-order valence-corrected chi connectivity index (χ4v) is 4.04. The third-order valence-electron chi connectivity index (χ3n) is 6.16. The molecule has 4 rings (SSSR count). The lowest BCUT2D eigenvalue weighted by Gasteiger charge is -2.36. The fraction of sp³-hybridized carbons (Fsp3) is 0.682. The topological polar surface area (TPSA) is 84.7 Å². The molecule has 7 nitrogen and oxygen atoms in total. The molecule has 29 heavy (non-hydrogen) atoms. The number of hydrogen-bond donors (Lipinski definition) is 0. The Hall–Kier alpha value is -2.33. The highest BCUT2D eigenvalue weighted by atomic mass is 16.6. The Morgan fingerprint density at radius 1 is 1.14 bits per heavy atom. The SMILES string of the molecule is CC1(OC(=O)N2CCC(O[C@H]3CC[C@H](Oc4cccnc4C#N)CC3)CC2)CC1. The summed E-state index contributed by atoms with van der Waals surface area (Å²) in [6, 6.07) is 5.67. The van der Waals surface area contributed by atoms with E-state index in [1.807, 2.05) is 11.8 Å². The van der Waals surface area contributed by atoms with Crippen molar-refractivity contribution in [1.29, 1.82) is 5.26 Å². The number of pyridine rings is 1. The molecule has 7 heteroatoms. The summed E-state index contributed by atoms with van der Waals surface area (Å²) in [5.41, 5.74) is 0.126. The first-order valence-electron chi connectivity index (χ1n) is 10.7. The first-order valence-corrected chi connectivity index (χ1v) is 10.7. The van der Waals surface area contributed by atoms with Crippen molar-refractivity contribution >= 4 is 6.09 Å². The number of piperidine rings is 1. The molecule has 3 aliphatic rings. The van der Waals surface area contributed by atoms with Gasteiger partial charge in [-0.1, -0.05) is 0 Å². The van der Waals surface area contributed by atoms with Gasteiger partial charge in [0.15, 0.2) is 11.4 Å². The van der Waals surface area contributed by atoms with Gasteiger partial charge in [-0.05, 0) is 70.4 Å². The number of rotatable bonds is 5. The number of likely N-dealkylation sites (tertiary alicyclic amines) is 1. The van der Waals surface area contributed by atoms with Crippen LogP contribution in [0.3, 0.4) is 0 Å². The monoisotopic (exact) mass is 399 g/mol. The zero-order chi connectivity index (χ0) is 20.3. The van der Waals surface area contributed by atoms with Crippen molar-refractivity contribution in [1.82, 2.24) is 9.88 Å². The number of nitrogens with zero attached hydrogens (tertiary/aromatic N) is 3. The van der Waals surface area contributed by atoms with E-state index in [0.29, 0.717) is 24.5 Å². The molecule has 0 spiro atoms. The highest BCUT2D eigenvalue weighted by Crippen LogP contribution is 2.39. The molecule has 2 aliphatic carbocycles. The summed E-state index contributed by atoms with van der Waals surface area (Å²) in [5, 5.41) is 9.14. The average Bonchev–Trinajstić information content (AvgIpc) is 3.47. The van der Waals surface area contributed by atoms with Gasteiger partial charge in [0.2, 0.25) is 0 Å². The Balaban J connectivity index is 1.17. The van der Waals surface area contributed by atoms with E-state index in [4.69, 9.17) is 19.5 Å². The van der Waals surface area contributed by atoms with E-state index < -0.39 is 0 Å². The number of nitriles is 1. The van der Waals surface area contributed by atoms with Crippen molar-refractivity contribution in [2.45, 2.75) is 82.2 Å². The molecular weight excluding hydrogens is 370 g/mol. The predicted molar refractivity (Wildman–Crippen MR) is 105 cm³/mol. The molecular formula is C22H29N3O4. The number of amides is 1. The molecule has 0 aromatic carbocycles. The van der Waals surface area contributed by atoms with Crippen molar-refractivity contribution in [2.24, 2.45) is 0 Å². The van der Waals surface area contributed by atoms with Gasteiger partial charge in [-0.15, -0.1) is 0 Å². The molecule has 1 amide bonds. The Bertz CT molecular complexity index is 758. The zero-order valence-electron chi connectivity index (χ0n) is 17.0. The molecule has 1 saturated heterocycles.